The van der Waals surface area contributed by atoms with Gasteiger partial charge in [0.05, 0.1) is 19.1 Å². The summed E-state index contributed by atoms with van der Waals surface area (Å²) < 4.78 is 30.7. The number of nitrogen functional groups attached to an aromatic ring is 1. The molecule has 3 heterocycles. The number of alkyl halides is 2. The minimum Gasteiger partial charge on any atom is -0.384 e. The van der Waals surface area contributed by atoms with Crippen molar-refractivity contribution in [1.29, 1.82) is 5.41 Å². The molecule has 1 aliphatic rings. The van der Waals surface area contributed by atoms with Gasteiger partial charge in [0.25, 0.3) is 5.91 Å². The standard InChI is InChI=1S/C28H27F2N5O3S2/c1-15(23-9-17(12-39-23)25(31)32)34-27(38)20-10-28(30,13-29)14-35(20)24(36)11-33-26(37)16-6-7-22-19(8-16)18-4-2-3-5-21(18)40-22/h2-9,12,15,20H,10-11,13-14H2,1H3,(H3,31,32)(H,33,37)(H,34,38)/t15?,20-,28-/m0/s1. The quantitative estimate of drug-likeness (QED) is 0.182. The molecule has 40 heavy (non-hydrogen) atoms. The van der Waals surface area contributed by atoms with Crippen LogP contribution in [0.4, 0.5) is 8.78 Å². The van der Waals surface area contributed by atoms with Gasteiger partial charge in [0, 0.05) is 48.0 Å². The van der Waals surface area contributed by atoms with Gasteiger partial charge < -0.3 is 21.3 Å². The fourth-order valence-corrected chi connectivity index (χ4v) is 6.86. The zero-order chi connectivity index (χ0) is 28.6. The number of fused-ring (bicyclic) bond motifs is 3. The average Bonchev–Trinajstić information content (AvgIpc) is 3.67. The van der Waals surface area contributed by atoms with Crippen LogP contribution in [-0.2, 0) is 9.59 Å². The lowest BCUT2D eigenvalue weighted by Gasteiger charge is -2.25. The van der Waals surface area contributed by atoms with E-state index < -0.39 is 61.7 Å². The third-order valence-electron chi connectivity index (χ3n) is 7.01. The van der Waals surface area contributed by atoms with Crippen molar-refractivity contribution in [2.75, 3.05) is 19.8 Å². The van der Waals surface area contributed by atoms with E-state index in [0.29, 0.717) is 16.0 Å². The van der Waals surface area contributed by atoms with Crippen LogP contribution >= 0.6 is 22.7 Å². The van der Waals surface area contributed by atoms with Crippen LogP contribution in [0.3, 0.4) is 0 Å². The van der Waals surface area contributed by atoms with Crippen LogP contribution in [0.15, 0.2) is 53.9 Å². The first-order valence-electron chi connectivity index (χ1n) is 12.6. The summed E-state index contributed by atoms with van der Waals surface area (Å²) in [5, 5.41) is 16.5. The number of hydrogen-bond acceptors (Lipinski definition) is 6. The topological polar surface area (TPSA) is 128 Å². The van der Waals surface area contributed by atoms with E-state index in [2.05, 4.69) is 10.6 Å². The number of nitrogens with zero attached hydrogens (tertiary/aromatic N) is 1. The van der Waals surface area contributed by atoms with Gasteiger partial charge in [-0.3, -0.25) is 19.8 Å². The fraction of sp³-hybridized carbons (Fsp3) is 0.286. The Morgan fingerprint density at radius 3 is 2.62 bits per heavy atom. The van der Waals surface area contributed by atoms with Crippen molar-refractivity contribution in [3.63, 3.8) is 0 Å². The number of amidine groups is 1. The summed E-state index contributed by atoms with van der Waals surface area (Å²) in [6, 6.07) is 13.1. The Morgan fingerprint density at radius 2 is 1.90 bits per heavy atom. The number of benzene rings is 2. The molecule has 0 bridgehead atoms. The van der Waals surface area contributed by atoms with Crippen molar-refractivity contribution in [2.24, 2.45) is 5.73 Å². The second kappa shape index (κ2) is 10.9. The maximum Gasteiger partial charge on any atom is 0.251 e. The van der Waals surface area contributed by atoms with E-state index in [-0.39, 0.29) is 5.84 Å². The van der Waals surface area contributed by atoms with Gasteiger partial charge in [0.1, 0.15) is 18.6 Å². The second-order valence-corrected chi connectivity index (χ2v) is 11.9. The van der Waals surface area contributed by atoms with Gasteiger partial charge in [-0.1, -0.05) is 18.2 Å². The van der Waals surface area contributed by atoms with Crippen LogP contribution in [0.5, 0.6) is 0 Å². The Morgan fingerprint density at radius 1 is 1.15 bits per heavy atom. The molecule has 5 N–H and O–H groups in total. The van der Waals surface area contributed by atoms with Gasteiger partial charge in [0.15, 0.2) is 5.67 Å². The van der Waals surface area contributed by atoms with Crippen molar-refractivity contribution in [3.8, 4) is 0 Å². The van der Waals surface area contributed by atoms with E-state index in [0.717, 1.165) is 25.1 Å². The normalized spacial score (nSPS) is 19.6. The molecular weight excluding hydrogens is 556 g/mol. The first-order chi connectivity index (χ1) is 19.1. The molecule has 1 unspecified atom stereocenters. The van der Waals surface area contributed by atoms with E-state index in [1.807, 2.05) is 30.3 Å². The third kappa shape index (κ3) is 5.41. The molecular formula is C28H27F2N5O3S2. The highest BCUT2D eigenvalue weighted by atomic mass is 32.1. The number of hydrogen-bond donors (Lipinski definition) is 4. The first-order valence-corrected chi connectivity index (χ1v) is 14.3. The van der Waals surface area contributed by atoms with Crippen LogP contribution in [0.1, 0.15) is 40.2 Å². The zero-order valence-corrected chi connectivity index (χ0v) is 23.1. The number of carbonyl (C=O) groups is 3. The highest BCUT2D eigenvalue weighted by Gasteiger charge is 2.49. The molecule has 12 heteroatoms. The molecule has 0 aliphatic carbocycles. The molecule has 1 aliphatic heterocycles. The van der Waals surface area contributed by atoms with Crippen molar-refractivity contribution in [1.82, 2.24) is 15.5 Å². The molecule has 2 aromatic heterocycles. The largest absolute Gasteiger partial charge is 0.384 e. The molecule has 3 atom stereocenters. The number of likely N-dealkylation sites (tertiary alicyclic amines) is 1. The molecule has 0 radical (unpaired) electrons. The van der Waals surface area contributed by atoms with Gasteiger partial charge in [-0.25, -0.2) is 8.78 Å². The SMILES string of the molecule is CC(NC(=O)[C@@H]1C[C@](F)(CF)CN1C(=O)CNC(=O)c1ccc2sc3ccccc3c2c1)c1cc(C(=N)N)cs1. The molecule has 0 spiro atoms. The third-order valence-corrected chi connectivity index (χ3v) is 9.27. The Bertz CT molecular complexity index is 1640. The number of nitrogens with one attached hydrogen (secondary N) is 3. The molecule has 8 nitrogen and oxygen atoms in total. The predicted molar refractivity (Wildman–Crippen MR) is 153 cm³/mol. The summed E-state index contributed by atoms with van der Waals surface area (Å²) in [5.41, 5.74) is 4.02. The van der Waals surface area contributed by atoms with Crippen molar-refractivity contribution < 1.29 is 23.2 Å². The maximum absolute atomic E-state index is 15.1. The number of rotatable bonds is 8. The van der Waals surface area contributed by atoms with E-state index in [1.165, 1.54) is 11.3 Å². The zero-order valence-electron chi connectivity index (χ0n) is 21.5. The van der Waals surface area contributed by atoms with E-state index in [1.54, 1.807) is 41.8 Å². The van der Waals surface area contributed by atoms with Crippen LogP contribution < -0.4 is 16.4 Å². The molecule has 3 amide bonds. The van der Waals surface area contributed by atoms with Crippen LogP contribution in [0, 0.1) is 5.41 Å². The summed E-state index contributed by atoms with van der Waals surface area (Å²) in [7, 11) is 0. The summed E-state index contributed by atoms with van der Waals surface area (Å²) in [6.45, 7) is -0.703. The Hall–Kier alpha value is -3.90. The van der Waals surface area contributed by atoms with Gasteiger partial charge in [-0.05, 0) is 37.3 Å². The first kappa shape index (κ1) is 27.7. The van der Waals surface area contributed by atoms with Crippen molar-refractivity contribution in [3.05, 3.63) is 69.9 Å². The molecule has 1 fully saturated rings. The van der Waals surface area contributed by atoms with Crippen molar-refractivity contribution in [2.45, 2.75) is 31.1 Å². The lowest BCUT2D eigenvalue weighted by atomic mass is 10.0. The van der Waals surface area contributed by atoms with E-state index >= 15 is 4.39 Å². The Labute approximate surface area is 236 Å². The summed E-state index contributed by atoms with van der Waals surface area (Å²) in [6.07, 6.45) is -0.493. The number of nitrogens with two attached hydrogens (primary N) is 1. The highest BCUT2D eigenvalue weighted by molar-refractivity contribution is 7.25. The van der Waals surface area contributed by atoms with Gasteiger partial charge in [-0.2, -0.15) is 0 Å². The molecule has 2 aromatic carbocycles. The summed E-state index contributed by atoms with van der Waals surface area (Å²) >= 11 is 2.91. The smallest absolute Gasteiger partial charge is 0.251 e. The summed E-state index contributed by atoms with van der Waals surface area (Å²) in [4.78, 5) is 40.8. The minimum absolute atomic E-state index is 0.107. The number of halogens is 2. The molecule has 4 aromatic rings. The Balaban J connectivity index is 1.27. The maximum atomic E-state index is 15.1. The molecule has 1 saturated heterocycles. The van der Waals surface area contributed by atoms with Gasteiger partial charge in [0.2, 0.25) is 11.8 Å². The van der Waals surface area contributed by atoms with Crippen LogP contribution in [0.2, 0.25) is 0 Å². The van der Waals surface area contributed by atoms with E-state index in [4.69, 9.17) is 11.1 Å². The fourth-order valence-electron chi connectivity index (χ4n) is 4.86. The molecule has 208 valence electrons. The minimum atomic E-state index is -2.36. The van der Waals surface area contributed by atoms with Crippen molar-refractivity contribution >= 4 is 66.4 Å². The number of carbonyl (C=O) groups excluding carboxylic acids is 3. The Kier molecular flexibility index (Phi) is 7.56. The lowest BCUT2D eigenvalue weighted by molar-refractivity contribution is -0.138. The van der Waals surface area contributed by atoms with Gasteiger partial charge in [-0.15, -0.1) is 22.7 Å². The monoisotopic (exact) mass is 583 g/mol. The second-order valence-electron chi connectivity index (χ2n) is 9.90. The predicted octanol–water partition coefficient (Wildman–Crippen LogP) is 4.29. The average molecular weight is 584 g/mol. The molecule has 0 saturated carbocycles. The lowest BCUT2D eigenvalue weighted by Crippen LogP contribution is -2.49. The highest BCUT2D eigenvalue weighted by Crippen LogP contribution is 2.34. The van der Waals surface area contributed by atoms with Crippen LogP contribution in [-0.4, -0.2) is 59.9 Å². The van der Waals surface area contributed by atoms with E-state index in [9.17, 15) is 18.8 Å². The summed E-state index contributed by atoms with van der Waals surface area (Å²) in [5.74, 6) is -1.92. The van der Waals surface area contributed by atoms with Crippen LogP contribution in [0.25, 0.3) is 20.2 Å². The number of amides is 3. The molecule has 5 rings (SSSR count). The van der Waals surface area contributed by atoms with Gasteiger partial charge >= 0.3 is 0 Å². The number of thiophene rings is 2.